The van der Waals surface area contributed by atoms with Gasteiger partial charge in [-0.05, 0) is 33.1 Å². The molecule has 1 aromatic rings. The first-order chi connectivity index (χ1) is 9.48. The minimum absolute atomic E-state index is 0.120. The summed E-state index contributed by atoms with van der Waals surface area (Å²) in [5, 5.41) is 0.686. The summed E-state index contributed by atoms with van der Waals surface area (Å²) < 4.78 is 10.8. The Morgan fingerprint density at radius 3 is 2.75 bits per heavy atom. The van der Waals surface area contributed by atoms with E-state index in [-0.39, 0.29) is 18.1 Å². The third kappa shape index (κ3) is 2.91. The Labute approximate surface area is 122 Å². The molecule has 1 unspecified atom stereocenters. The quantitative estimate of drug-likeness (QED) is 0.631. The number of thiazole rings is 1. The van der Waals surface area contributed by atoms with Crippen LogP contribution in [-0.2, 0) is 15.1 Å². The van der Waals surface area contributed by atoms with Crippen LogP contribution in [-0.4, -0.2) is 30.0 Å². The minimum atomic E-state index is -0.542. The van der Waals surface area contributed by atoms with Crippen LogP contribution in [0.4, 0.5) is 0 Å². The lowest BCUT2D eigenvalue weighted by molar-refractivity contribution is -0.0702. The molecule has 0 saturated carbocycles. The van der Waals surface area contributed by atoms with Crippen LogP contribution >= 0.6 is 11.3 Å². The van der Waals surface area contributed by atoms with E-state index >= 15 is 0 Å². The van der Waals surface area contributed by atoms with Gasteiger partial charge in [0.15, 0.2) is 11.5 Å². The highest BCUT2D eigenvalue weighted by Crippen LogP contribution is 2.38. The van der Waals surface area contributed by atoms with E-state index in [1.54, 1.807) is 6.92 Å². The molecule has 0 amide bonds. The van der Waals surface area contributed by atoms with Crippen molar-refractivity contribution in [2.45, 2.75) is 45.6 Å². The molecular formula is C14H19NO4S. The lowest BCUT2D eigenvalue weighted by Crippen LogP contribution is -2.30. The number of aromatic nitrogens is 1. The second-order valence-corrected chi connectivity index (χ2v) is 6.01. The number of rotatable bonds is 4. The minimum Gasteiger partial charge on any atom is -0.461 e. The van der Waals surface area contributed by atoms with Gasteiger partial charge in [-0.25, -0.2) is 9.78 Å². The summed E-state index contributed by atoms with van der Waals surface area (Å²) in [6.07, 6.45) is 2.94. The fourth-order valence-corrected chi connectivity index (χ4v) is 3.30. The van der Waals surface area contributed by atoms with E-state index in [1.807, 2.05) is 6.92 Å². The first kappa shape index (κ1) is 15.1. The molecular weight excluding hydrogens is 278 g/mol. The van der Waals surface area contributed by atoms with Crippen molar-refractivity contribution in [2.75, 3.05) is 13.2 Å². The number of hydrogen-bond donors (Lipinski definition) is 0. The molecule has 0 radical (unpaired) electrons. The maximum Gasteiger partial charge on any atom is 0.358 e. The predicted octanol–water partition coefficient (Wildman–Crippen LogP) is 2.94. The van der Waals surface area contributed by atoms with Crippen LogP contribution in [0, 0.1) is 0 Å². The fraction of sp³-hybridized carbons (Fsp3) is 0.643. The summed E-state index contributed by atoms with van der Waals surface area (Å²) in [5.41, 5.74) is -0.382. The number of ether oxygens (including phenoxy) is 2. The largest absolute Gasteiger partial charge is 0.461 e. The molecule has 0 bridgehead atoms. The molecule has 1 saturated heterocycles. The second kappa shape index (κ2) is 6.01. The Morgan fingerprint density at radius 2 is 2.20 bits per heavy atom. The monoisotopic (exact) mass is 297 g/mol. The molecule has 2 rings (SSSR count). The summed E-state index contributed by atoms with van der Waals surface area (Å²) in [5.74, 6) is -0.712. The van der Waals surface area contributed by atoms with E-state index in [2.05, 4.69) is 4.98 Å². The van der Waals surface area contributed by atoms with Crippen LogP contribution in [0.5, 0.6) is 0 Å². The highest BCUT2D eigenvalue weighted by molar-refractivity contribution is 7.14. The van der Waals surface area contributed by atoms with Gasteiger partial charge in [-0.15, -0.1) is 11.3 Å². The van der Waals surface area contributed by atoms with Crippen molar-refractivity contribution in [3.8, 4) is 0 Å². The highest BCUT2D eigenvalue weighted by Gasteiger charge is 2.36. The summed E-state index contributed by atoms with van der Waals surface area (Å²) in [4.78, 5) is 28.3. The Balaban J connectivity index is 2.38. The lowest BCUT2D eigenvalue weighted by Gasteiger charge is -2.31. The summed E-state index contributed by atoms with van der Waals surface area (Å²) in [6.45, 7) is 6.06. The van der Waals surface area contributed by atoms with E-state index in [9.17, 15) is 9.59 Å². The molecule has 0 spiro atoms. The van der Waals surface area contributed by atoms with Crippen molar-refractivity contribution in [1.29, 1.82) is 0 Å². The van der Waals surface area contributed by atoms with Gasteiger partial charge in [-0.3, -0.25) is 4.79 Å². The highest BCUT2D eigenvalue weighted by atomic mass is 32.1. The number of carbonyl (C=O) groups is 2. The van der Waals surface area contributed by atoms with Crippen molar-refractivity contribution in [3.05, 3.63) is 15.6 Å². The van der Waals surface area contributed by atoms with Gasteiger partial charge >= 0.3 is 5.97 Å². The molecule has 1 atom stereocenters. The normalized spacial score (nSPS) is 22.6. The van der Waals surface area contributed by atoms with Gasteiger partial charge in [0.1, 0.15) is 15.5 Å². The molecule has 1 aromatic heterocycles. The van der Waals surface area contributed by atoms with Gasteiger partial charge in [0.2, 0.25) is 0 Å². The smallest absolute Gasteiger partial charge is 0.358 e. The SMILES string of the molecule is CCOC(=O)c1nc(C2(C)CCCCO2)sc1C(C)=O. The summed E-state index contributed by atoms with van der Waals surface area (Å²) in [6, 6.07) is 0. The van der Waals surface area contributed by atoms with Crippen molar-refractivity contribution in [3.63, 3.8) is 0 Å². The third-order valence-corrected chi connectivity index (χ3v) is 4.74. The van der Waals surface area contributed by atoms with Crippen LogP contribution < -0.4 is 0 Å². The number of ketones is 1. The zero-order valence-electron chi connectivity index (χ0n) is 12.0. The van der Waals surface area contributed by atoms with Gasteiger partial charge < -0.3 is 9.47 Å². The zero-order chi connectivity index (χ0) is 14.8. The van der Waals surface area contributed by atoms with E-state index < -0.39 is 11.6 Å². The van der Waals surface area contributed by atoms with Crippen LogP contribution in [0.2, 0.25) is 0 Å². The molecule has 0 aliphatic carbocycles. The number of Topliss-reactive ketones (excluding diaryl/α,β-unsaturated/α-hetero) is 1. The average molecular weight is 297 g/mol. The number of nitrogens with zero attached hydrogens (tertiary/aromatic N) is 1. The van der Waals surface area contributed by atoms with Crippen LogP contribution in [0.15, 0.2) is 0 Å². The van der Waals surface area contributed by atoms with E-state index in [0.717, 1.165) is 19.3 Å². The molecule has 1 aliphatic rings. The van der Waals surface area contributed by atoms with Crippen molar-refractivity contribution < 1.29 is 19.1 Å². The molecule has 0 aromatic carbocycles. The predicted molar refractivity (Wildman–Crippen MR) is 75.2 cm³/mol. The molecule has 1 fully saturated rings. The van der Waals surface area contributed by atoms with Gasteiger partial charge in [-0.1, -0.05) is 0 Å². The Bertz CT molecular complexity index is 517. The van der Waals surface area contributed by atoms with E-state index in [4.69, 9.17) is 9.47 Å². The summed E-state index contributed by atoms with van der Waals surface area (Å²) in [7, 11) is 0. The zero-order valence-corrected chi connectivity index (χ0v) is 12.8. The van der Waals surface area contributed by atoms with Crippen LogP contribution in [0.3, 0.4) is 0 Å². The molecule has 20 heavy (non-hydrogen) atoms. The van der Waals surface area contributed by atoms with Crippen LogP contribution in [0.1, 0.15) is 65.2 Å². The van der Waals surface area contributed by atoms with E-state index in [1.165, 1.54) is 18.3 Å². The molecule has 0 N–H and O–H groups in total. The average Bonchev–Trinajstić information content (AvgIpc) is 2.86. The Morgan fingerprint density at radius 1 is 1.45 bits per heavy atom. The molecule has 2 heterocycles. The number of carbonyl (C=O) groups excluding carboxylic acids is 2. The standard InChI is InChI=1S/C14H19NO4S/c1-4-18-12(17)10-11(9(2)16)20-13(15-10)14(3)7-5-6-8-19-14/h4-8H2,1-3H3. The lowest BCUT2D eigenvalue weighted by atomic mass is 9.97. The number of esters is 1. The molecule has 5 nitrogen and oxygen atoms in total. The van der Waals surface area contributed by atoms with Crippen molar-refractivity contribution >= 4 is 23.1 Å². The fourth-order valence-electron chi connectivity index (χ4n) is 2.23. The van der Waals surface area contributed by atoms with Gasteiger partial charge in [0, 0.05) is 13.5 Å². The van der Waals surface area contributed by atoms with Gasteiger partial charge in [0.25, 0.3) is 0 Å². The third-order valence-electron chi connectivity index (χ3n) is 3.34. The van der Waals surface area contributed by atoms with Gasteiger partial charge in [0.05, 0.1) is 6.61 Å². The maximum absolute atomic E-state index is 11.9. The molecule has 110 valence electrons. The maximum atomic E-state index is 11.9. The van der Waals surface area contributed by atoms with Gasteiger partial charge in [-0.2, -0.15) is 0 Å². The topological polar surface area (TPSA) is 65.5 Å². The molecule has 6 heteroatoms. The first-order valence-corrected chi connectivity index (χ1v) is 7.63. The van der Waals surface area contributed by atoms with Crippen LogP contribution in [0.25, 0.3) is 0 Å². The number of hydrogen-bond acceptors (Lipinski definition) is 6. The Kier molecular flexibility index (Phi) is 4.55. The first-order valence-electron chi connectivity index (χ1n) is 6.81. The summed E-state index contributed by atoms with van der Waals surface area (Å²) >= 11 is 1.24. The van der Waals surface area contributed by atoms with Crippen molar-refractivity contribution in [2.24, 2.45) is 0 Å². The van der Waals surface area contributed by atoms with Crippen molar-refractivity contribution in [1.82, 2.24) is 4.98 Å². The van der Waals surface area contributed by atoms with E-state index in [0.29, 0.717) is 16.5 Å². The second-order valence-electron chi connectivity index (χ2n) is 5.01. The Hall–Kier alpha value is -1.27. The molecule has 1 aliphatic heterocycles.